The lowest BCUT2D eigenvalue weighted by Gasteiger charge is -2.41. The maximum absolute atomic E-state index is 10.5. The highest BCUT2D eigenvalue weighted by atomic mass is 16.5. The molecule has 10 fully saturated rings. The van der Waals surface area contributed by atoms with Crippen molar-refractivity contribution in [2.45, 2.75) is 321 Å². The van der Waals surface area contributed by atoms with Crippen molar-refractivity contribution in [1.29, 1.82) is 0 Å². The summed E-state index contributed by atoms with van der Waals surface area (Å²) in [5, 5.41) is 126. The Morgan fingerprint density at radius 2 is 0.233 bits per heavy atom. The van der Waals surface area contributed by atoms with Gasteiger partial charge in [-0.15, -0.1) is 0 Å². The van der Waals surface area contributed by atoms with Crippen molar-refractivity contribution in [3.63, 3.8) is 0 Å². The van der Waals surface area contributed by atoms with Crippen LogP contribution in [0.3, 0.4) is 0 Å². The van der Waals surface area contributed by atoms with E-state index < -0.39 is 73.2 Å². The van der Waals surface area contributed by atoms with E-state index >= 15 is 0 Å². The molecule has 10 aliphatic carbocycles. The summed E-state index contributed by atoms with van der Waals surface area (Å²) in [5.74, 6) is 0.607. The second-order valence-corrected chi connectivity index (χ2v) is 31.3. The summed E-state index contributed by atoms with van der Waals surface area (Å²) in [5.41, 5.74) is 0. The van der Waals surface area contributed by atoms with Crippen LogP contribution in [0.25, 0.3) is 0 Å². The number of rotatable bonds is 27. The van der Waals surface area contributed by atoms with Gasteiger partial charge in [0.25, 0.3) is 0 Å². The molecule has 21 nitrogen and oxygen atoms in total. The van der Waals surface area contributed by atoms with Crippen LogP contribution in [0.2, 0.25) is 0 Å². The molecular formula is C69H120O21. The molecule has 0 spiro atoms. The van der Waals surface area contributed by atoms with E-state index in [4.69, 9.17) is 42.6 Å². The number of aliphatic hydroxyl groups excluding tert-OH is 12. The average molecular weight is 1290 g/mol. The van der Waals surface area contributed by atoms with Gasteiger partial charge >= 0.3 is 0 Å². The third-order valence-corrected chi connectivity index (χ3v) is 22.4. The van der Waals surface area contributed by atoms with Crippen LogP contribution in [-0.2, 0) is 42.6 Å². The molecule has 21 heteroatoms. The van der Waals surface area contributed by atoms with Gasteiger partial charge in [-0.2, -0.15) is 0 Å². The number of hydrogen-bond donors (Lipinski definition) is 12. The van der Waals surface area contributed by atoms with Crippen LogP contribution in [0.4, 0.5) is 0 Å². The maximum atomic E-state index is 10.5. The smallest absolute Gasteiger partial charge is 0.0624 e. The Labute approximate surface area is 535 Å². The van der Waals surface area contributed by atoms with E-state index in [9.17, 15) is 61.3 Å². The van der Waals surface area contributed by atoms with Crippen molar-refractivity contribution in [1.82, 2.24) is 0 Å². The molecule has 0 aromatic heterocycles. The normalized spacial score (nSPS) is 46.8. The SMILES string of the molecule is OC1CC(O)CC(COC2CC(COC3CC(OCC4CC(OCC5CC(O)CC(O)C5)CC(OCC5CC(O)CC(O)C5)C4)CC(OCC4CC(OCC5CC(O)CC(O)C5)CC(OCC5CC(O)CC(O)C5)C4)C3)CC(OCC3CC(O)CC(O)C3)C2)C1. The van der Waals surface area contributed by atoms with Crippen LogP contribution >= 0.6 is 0 Å². The van der Waals surface area contributed by atoms with Crippen molar-refractivity contribution in [2.75, 3.05) is 59.5 Å². The quantitative estimate of drug-likeness (QED) is 0.0549. The van der Waals surface area contributed by atoms with Gasteiger partial charge in [0.1, 0.15) is 0 Å². The Kier molecular flexibility index (Phi) is 28.4. The second-order valence-electron chi connectivity index (χ2n) is 31.3. The standard InChI is InChI=1S/C69H120O21/c70-49-1-40(2-50(71)19-49)31-82-61-13-46(14-62(25-61)83-32-41-3-51(72)20-52(73)4-41)37-88-67-28-68(89-38-47-15-63(84-33-42-5-53(74)21-54(75)6-42)26-64(16-47)85-34-43-7-55(76)22-56(77)8-43)30-69(29-67)90-39-48-17-65(86-35-44-9-57(78)23-58(79)10-44)27-66(18-48)87-36-45-11-59(80)24-60(81)12-45/h40-81H,1-39H2. The molecule has 0 aromatic rings. The van der Waals surface area contributed by atoms with Crippen molar-refractivity contribution in [2.24, 2.45) is 53.3 Å². The van der Waals surface area contributed by atoms with Crippen molar-refractivity contribution in [3.8, 4) is 0 Å². The molecule has 0 aliphatic heterocycles. The fourth-order valence-corrected chi connectivity index (χ4v) is 18.3. The summed E-state index contributed by atoms with van der Waals surface area (Å²) in [6, 6.07) is 0. The first kappa shape index (κ1) is 71.9. The molecule has 10 saturated carbocycles. The van der Waals surface area contributed by atoms with Crippen LogP contribution in [-0.4, -0.2) is 249 Å². The summed E-state index contributed by atoms with van der Waals surface area (Å²) < 4.78 is 61.2. The molecule has 0 heterocycles. The number of hydrogen-bond acceptors (Lipinski definition) is 21. The minimum atomic E-state index is -0.552. The molecule has 0 radical (unpaired) electrons. The van der Waals surface area contributed by atoms with Gasteiger partial charge in [-0.3, -0.25) is 0 Å². The molecular weight excluding hydrogens is 1160 g/mol. The van der Waals surface area contributed by atoms with Crippen molar-refractivity contribution >= 4 is 0 Å². The molecule has 10 aliphatic rings. The Morgan fingerprint density at radius 1 is 0.133 bits per heavy atom. The zero-order valence-corrected chi connectivity index (χ0v) is 53.9. The highest BCUT2D eigenvalue weighted by molar-refractivity contribution is 4.91. The lowest BCUT2D eigenvalue weighted by molar-refractivity contribution is -0.140. The zero-order valence-electron chi connectivity index (χ0n) is 53.9. The molecule has 10 rings (SSSR count). The summed E-state index contributed by atoms with van der Waals surface area (Å²) in [7, 11) is 0. The van der Waals surface area contributed by atoms with E-state index in [1.54, 1.807) is 0 Å². The number of aliphatic hydroxyl groups is 12. The van der Waals surface area contributed by atoms with E-state index in [0.717, 1.165) is 38.5 Å². The summed E-state index contributed by atoms with van der Waals surface area (Å²) >= 11 is 0. The first-order valence-corrected chi connectivity index (χ1v) is 36.0. The van der Waals surface area contributed by atoms with Gasteiger partial charge in [-0.05, 0) is 246 Å². The van der Waals surface area contributed by atoms with E-state index in [0.29, 0.717) is 214 Å². The van der Waals surface area contributed by atoms with Gasteiger partial charge in [-0.1, -0.05) is 0 Å². The molecule has 0 aromatic carbocycles. The Hall–Kier alpha value is -0.840. The molecule has 0 saturated heterocycles. The van der Waals surface area contributed by atoms with Gasteiger partial charge in [-0.25, -0.2) is 0 Å². The van der Waals surface area contributed by atoms with E-state index in [-0.39, 0.29) is 108 Å². The van der Waals surface area contributed by atoms with Gasteiger partial charge in [0.05, 0.1) is 128 Å². The Bertz CT molecular complexity index is 1630. The fourth-order valence-electron chi connectivity index (χ4n) is 18.3. The van der Waals surface area contributed by atoms with Crippen LogP contribution in [0.5, 0.6) is 0 Å². The Balaban J connectivity index is 0.812. The largest absolute Gasteiger partial charge is 0.393 e. The molecule has 90 heavy (non-hydrogen) atoms. The van der Waals surface area contributed by atoms with Crippen LogP contribution in [0.1, 0.15) is 193 Å². The van der Waals surface area contributed by atoms with Gasteiger partial charge < -0.3 is 104 Å². The molecule has 18 atom stereocenters. The monoisotopic (exact) mass is 1280 g/mol. The third-order valence-electron chi connectivity index (χ3n) is 22.4. The van der Waals surface area contributed by atoms with Crippen LogP contribution in [0, 0.1) is 53.3 Å². The van der Waals surface area contributed by atoms with Crippen molar-refractivity contribution in [3.05, 3.63) is 0 Å². The predicted octanol–water partition coefficient (Wildman–Crippen LogP) is 4.17. The molecule has 18 unspecified atom stereocenters. The molecule has 12 N–H and O–H groups in total. The minimum Gasteiger partial charge on any atom is -0.393 e. The highest BCUT2D eigenvalue weighted by Gasteiger charge is 2.41. The first-order valence-electron chi connectivity index (χ1n) is 36.0. The third kappa shape index (κ3) is 24.0. The van der Waals surface area contributed by atoms with E-state index in [2.05, 4.69) is 0 Å². The summed E-state index contributed by atoms with van der Waals surface area (Å²) in [6.45, 7) is 4.06. The summed E-state index contributed by atoms with van der Waals surface area (Å²) in [6.07, 6.45) is 10.2. The van der Waals surface area contributed by atoms with Crippen molar-refractivity contribution < 1.29 is 104 Å². The molecule has 522 valence electrons. The summed E-state index contributed by atoms with van der Waals surface area (Å²) in [4.78, 5) is 0. The molecule has 0 bridgehead atoms. The molecule has 0 amide bonds. The predicted molar refractivity (Wildman–Crippen MR) is 330 cm³/mol. The van der Waals surface area contributed by atoms with Gasteiger partial charge in [0.15, 0.2) is 0 Å². The fraction of sp³-hybridized carbons (Fsp3) is 1.00. The van der Waals surface area contributed by atoms with Crippen LogP contribution < -0.4 is 0 Å². The number of ether oxygens (including phenoxy) is 9. The lowest BCUT2D eigenvalue weighted by atomic mass is 9.83. The van der Waals surface area contributed by atoms with E-state index in [1.807, 2.05) is 0 Å². The minimum absolute atomic E-state index is 0.0492. The second kappa shape index (κ2) is 35.6. The average Bonchev–Trinajstić information content (AvgIpc) is 3.70. The maximum Gasteiger partial charge on any atom is 0.0624 e. The van der Waals surface area contributed by atoms with Gasteiger partial charge in [0, 0.05) is 59.5 Å². The van der Waals surface area contributed by atoms with E-state index in [1.165, 1.54) is 0 Å². The Morgan fingerprint density at radius 3 is 0.356 bits per heavy atom. The first-order chi connectivity index (χ1) is 43.3. The van der Waals surface area contributed by atoms with Gasteiger partial charge in [0.2, 0.25) is 0 Å². The highest BCUT2D eigenvalue weighted by Crippen LogP contribution is 2.40. The zero-order chi connectivity index (χ0) is 63.3. The topological polar surface area (TPSA) is 326 Å². The lowest BCUT2D eigenvalue weighted by Crippen LogP contribution is -2.42. The van der Waals surface area contributed by atoms with Crippen LogP contribution in [0.15, 0.2) is 0 Å².